The highest BCUT2D eigenvalue weighted by Gasteiger charge is 2.22. The maximum atomic E-state index is 12.9. The number of carbonyl (C=O) groups is 2. The number of hydrogen-bond donors (Lipinski definition) is 2. The minimum Gasteiger partial charge on any atom is -0.352 e. The van der Waals surface area contributed by atoms with E-state index in [0.29, 0.717) is 12.0 Å². The quantitative estimate of drug-likeness (QED) is 0.463. The minimum atomic E-state index is -0.568. The Labute approximate surface area is 194 Å². The van der Waals surface area contributed by atoms with Crippen molar-refractivity contribution in [3.63, 3.8) is 0 Å². The van der Waals surface area contributed by atoms with Gasteiger partial charge in [0.05, 0.1) is 0 Å². The van der Waals surface area contributed by atoms with E-state index in [9.17, 15) is 9.59 Å². The summed E-state index contributed by atoms with van der Waals surface area (Å²) in [5.41, 5.74) is 3.87. The average molecular weight is 447 g/mol. The maximum Gasteiger partial charge on any atom is 0.251 e. The van der Waals surface area contributed by atoms with Gasteiger partial charge in [-0.2, -0.15) is 11.8 Å². The Bertz CT molecular complexity index is 991. The summed E-state index contributed by atoms with van der Waals surface area (Å²) in [6.07, 6.45) is 3.33. The summed E-state index contributed by atoms with van der Waals surface area (Å²) in [6.45, 7) is 1.99. The highest BCUT2D eigenvalue weighted by atomic mass is 32.2. The molecule has 32 heavy (non-hydrogen) atoms. The third-order valence-corrected chi connectivity index (χ3v) is 5.90. The average Bonchev–Trinajstić information content (AvgIpc) is 2.82. The molecule has 166 valence electrons. The predicted molar refractivity (Wildman–Crippen MR) is 134 cm³/mol. The first-order valence-corrected chi connectivity index (χ1v) is 12.3. The summed E-state index contributed by atoms with van der Waals surface area (Å²) in [4.78, 5) is 25.8. The van der Waals surface area contributed by atoms with Gasteiger partial charge in [-0.15, -0.1) is 0 Å². The lowest BCUT2D eigenvalue weighted by atomic mass is 10.0. The van der Waals surface area contributed by atoms with Crippen LogP contribution in [0.2, 0.25) is 0 Å². The largest absolute Gasteiger partial charge is 0.352 e. The smallest absolute Gasteiger partial charge is 0.251 e. The summed E-state index contributed by atoms with van der Waals surface area (Å²) in [7, 11) is 0. The van der Waals surface area contributed by atoms with Gasteiger partial charge in [0.15, 0.2) is 0 Å². The van der Waals surface area contributed by atoms with Crippen LogP contribution in [0.15, 0.2) is 84.9 Å². The molecule has 0 saturated carbocycles. The van der Waals surface area contributed by atoms with E-state index < -0.39 is 6.04 Å². The molecule has 4 nitrogen and oxygen atoms in total. The van der Waals surface area contributed by atoms with E-state index in [1.165, 1.54) is 5.56 Å². The van der Waals surface area contributed by atoms with Crippen molar-refractivity contribution in [2.45, 2.75) is 31.8 Å². The molecule has 0 spiro atoms. The Morgan fingerprint density at radius 1 is 0.812 bits per heavy atom. The second kappa shape index (κ2) is 12.1. The third kappa shape index (κ3) is 6.99. The molecule has 3 aromatic carbocycles. The van der Waals surface area contributed by atoms with Crippen LogP contribution in [0.4, 0.5) is 0 Å². The van der Waals surface area contributed by atoms with Crippen molar-refractivity contribution in [3.05, 3.63) is 96.1 Å². The van der Waals surface area contributed by atoms with Crippen LogP contribution in [0.3, 0.4) is 0 Å². The molecule has 2 N–H and O–H groups in total. The van der Waals surface area contributed by atoms with Gasteiger partial charge < -0.3 is 10.6 Å². The van der Waals surface area contributed by atoms with Crippen molar-refractivity contribution in [1.82, 2.24) is 10.6 Å². The Morgan fingerprint density at radius 2 is 1.41 bits per heavy atom. The molecule has 2 amide bonds. The first-order chi connectivity index (χ1) is 15.6. The molecule has 0 aliphatic rings. The van der Waals surface area contributed by atoms with E-state index in [-0.39, 0.29) is 17.9 Å². The Hall–Kier alpha value is -3.05. The van der Waals surface area contributed by atoms with E-state index in [1.54, 1.807) is 23.9 Å². The monoisotopic (exact) mass is 446 g/mol. The van der Waals surface area contributed by atoms with E-state index in [1.807, 2.05) is 73.8 Å². The molecule has 1 unspecified atom stereocenters. The van der Waals surface area contributed by atoms with Crippen LogP contribution in [-0.4, -0.2) is 35.9 Å². The summed E-state index contributed by atoms with van der Waals surface area (Å²) >= 11 is 1.66. The van der Waals surface area contributed by atoms with Crippen molar-refractivity contribution in [2.24, 2.45) is 0 Å². The summed E-state index contributed by atoms with van der Waals surface area (Å²) in [6, 6.07) is 27.0. The van der Waals surface area contributed by atoms with Gasteiger partial charge in [0.2, 0.25) is 5.91 Å². The SMILES string of the molecule is CSCCC(NC(=O)c1ccc(-c2ccccc2)cc1)C(=O)N[C@H](C)Cc1ccccc1. The molecule has 0 saturated heterocycles. The molecule has 0 bridgehead atoms. The van der Waals surface area contributed by atoms with Gasteiger partial charge in [0, 0.05) is 11.6 Å². The topological polar surface area (TPSA) is 58.2 Å². The molecule has 0 aliphatic heterocycles. The van der Waals surface area contributed by atoms with Crippen molar-refractivity contribution in [3.8, 4) is 11.1 Å². The molecule has 2 atom stereocenters. The van der Waals surface area contributed by atoms with Crippen LogP contribution in [0, 0.1) is 0 Å². The maximum absolute atomic E-state index is 12.9. The van der Waals surface area contributed by atoms with Gasteiger partial charge >= 0.3 is 0 Å². The van der Waals surface area contributed by atoms with Gasteiger partial charge in [-0.3, -0.25) is 9.59 Å². The molecule has 0 aromatic heterocycles. The number of hydrogen-bond acceptors (Lipinski definition) is 3. The fourth-order valence-electron chi connectivity index (χ4n) is 3.55. The van der Waals surface area contributed by atoms with Gasteiger partial charge in [-0.1, -0.05) is 72.8 Å². The Kier molecular flexibility index (Phi) is 8.93. The van der Waals surface area contributed by atoms with Crippen molar-refractivity contribution in [2.75, 3.05) is 12.0 Å². The number of nitrogens with one attached hydrogen (secondary N) is 2. The lowest BCUT2D eigenvalue weighted by Gasteiger charge is -2.21. The van der Waals surface area contributed by atoms with Gasteiger partial charge in [-0.05, 0) is 60.6 Å². The van der Waals surface area contributed by atoms with Crippen molar-refractivity contribution in [1.29, 1.82) is 0 Å². The molecular weight excluding hydrogens is 416 g/mol. The van der Waals surface area contributed by atoms with Crippen LogP contribution in [0.5, 0.6) is 0 Å². The van der Waals surface area contributed by atoms with Crippen LogP contribution < -0.4 is 10.6 Å². The summed E-state index contributed by atoms with van der Waals surface area (Å²) < 4.78 is 0. The predicted octanol–water partition coefficient (Wildman–Crippen LogP) is 4.95. The second-order valence-corrected chi connectivity index (χ2v) is 8.84. The summed E-state index contributed by atoms with van der Waals surface area (Å²) in [5.74, 6) is 0.413. The van der Waals surface area contributed by atoms with Crippen LogP contribution >= 0.6 is 11.8 Å². The zero-order valence-electron chi connectivity index (χ0n) is 18.6. The minimum absolute atomic E-state index is 0.0243. The number of carbonyl (C=O) groups excluding carboxylic acids is 2. The molecule has 0 radical (unpaired) electrons. The Balaban J connectivity index is 1.62. The molecule has 0 aliphatic carbocycles. The first-order valence-electron chi connectivity index (χ1n) is 10.9. The Morgan fingerprint density at radius 3 is 2.03 bits per heavy atom. The van der Waals surface area contributed by atoms with Gasteiger partial charge in [0.1, 0.15) is 6.04 Å². The molecule has 0 fully saturated rings. The molecule has 3 rings (SSSR count). The molecule has 0 heterocycles. The molecule has 5 heteroatoms. The zero-order valence-corrected chi connectivity index (χ0v) is 19.4. The third-order valence-electron chi connectivity index (χ3n) is 5.26. The second-order valence-electron chi connectivity index (χ2n) is 7.85. The number of rotatable bonds is 10. The van der Waals surface area contributed by atoms with Gasteiger partial charge in [-0.25, -0.2) is 0 Å². The van der Waals surface area contributed by atoms with E-state index in [4.69, 9.17) is 0 Å². The fraction of sp³-hybridized carbons (Fsp3) is 0.259. The molecule has 3 aromatic rings. The summed E-state index contributed by atoms with van der Waals surface area (Å²) in [5, 5.41) is 5.99. The van der Waals surface area contributed by atoms with Crippen LogP contribution in [-0.2, 0) is 11.2 Å². The normalized spacial score (nSPS) is 12.6. The lowest BCUT2D eigenvalue weighted by molar-refractivity contribution is -0.123. The van der Waals surface area contributed by atoms with E-state index >= 15 is 0 Å². The van der Waals surface area contributed by atoms with Crippen LogP contribution in [0.25, 0.3) is 11.1 Å². The van der Waals surface area contributed by atoms with E-state index in [0.717, 1.165) is 23.3 Å². The lowest BCUT2D eigenvalue weighted by Crippen LogP contribution is -2.49. The highest BCUT2D eigenvalue weighted by molar-refractivity contribution is 7.98. The van der Waals surface area contributed by atoms with Gasteiger partial charge in [0.25, 0.3) is 5.91 Å². The highest BCUT2D eigenvalue weighted by Crippen LogP contribution is 2.19. The van der Waals surface area contributed by atoms with E-state index in [2.05, 4.69) is 22.8 Å². The van der Waals surface area contributed by atoms with Crippen molar-refractivity contribution >= 4 is 23.6 Å². The number of amides is 2. The zero-order chi connectivity index (χ0) is 22.8. The fourth-order valence-corrected chi connectivity index (χ4v) is 4.02. The van der Waals surface area contributed by atoms with Crippen molar-refractivity contribution < 1.29 is 9.59 Å². The first kappa shape index (κ1) is 23.6. The van der Waals surface area contributed by atoms with Crippen LogP contribution in [0.1, 0.15) is 29.3 Å². The standard InChI is InChI=1S/C27H30N2O2S/c1-20(19-21-9-5-3-6-10-21)28-27(31)25(17-18-32-2)29-26(30)24-15-13-23(14-16-24)22-11-7-4-8-12-22/h3-16,20,25H,17-19H2,1-2H3,(H,28,31)(H,29,30)/t20-,25?/m1/s1. The number of benzene rings is 3. The number of thioether (sulfide) groups is 1. The molecular formula is C27H30N2O2S.